The van der Waals surface area contributed by atoms with E-state index in [-0.39, 0.29) is 17.4 Å². The van der Waals surface area contributed by atoms with E-state index < -0.39 is 28.6 Å². The molecule has 0 radical (unpaired) electrons. The maximum atomic E-state index is 11.6. The van der Waals surface area contributed by atoms with Gasteiger partial charge in [-0.2, -0.15) is 0 Å². The van der Waals surface area contributed by atoms with E-state index in [0.717, 1.165) is 20.3 Å². The summed E-state index contributed by atoms with van der Waals surface area (Å²) in [5, 5.41) is 13.4. The van der Waals surface area contributed by atoms with E-state index in [1.807, 2.05) is 0 Å². The summed E-state index contributed by atoms with van der Waals surface area (Å²) in [6.07, 6.45) is -0.380. The number of halogens is 1. The fourth-order valence-electron chi connectivity index (χ4n) is 1.43. The van der Waals surface area contributed by atoms with Gasteiger partial charge in [-0.05, 0) is 6.07 Å². The second-order valence-electron chi connectivity index (χ2n) is 3.76. The van der Waals surface area contributed by atoms with Gasteiger partial charge in [-0.15, -0.1) is 0 Å². The third kappa shape index (κ3) is 4.56. The number of pyridine rings is 1. The highest BCUT2D eigenvalue weighted by molar-refractivity contribution is 6.29. The first-order valence-corrected chi connectivity index (χ1v) is 5.99. The molecule has 1 aromatic rings. The van der Waals surface area contributed by atoms with E-state index in [1.165, 1.54) is 6.07 Å². The van der Waals surface area contributed by atoms with E-state index >= 15 is 0 Å². The summed E-state index contributed by atoms with van der Waals surface area (Å²) in [5.41, 5.74) is -0.391. The summed E-state index contributed by atoms with van der Waals surface area (Å²) in [6, 6.07) is 1.18. The molecule has 1 N–H and O–H groups in total. The van der Waals surface area contributed by atoms with E-state index in [9.17, 15) is 19.7 Å². The number of carbonyl (C=O) groups is 2. The van der Waals surface area contributed by atoms with Crippen LogP contribution in [0.4, 0.5) is 11.5 Å². The summed E-state index contributed by atoms with van der Waals surface area (Å²) in [5.74, 6) is -1.73. The van der Waals surface area contributed by atoms with Crippen LogP contribution in [0.3, 0.4) is 0 Å². The van der Waals surface area contributed by atoms with Gasteiger partial charge >= 0.3 is 17.6 Å². The van der Waals surface area contributed by atoms with Crippen molar-refractivity contribution in [3.63, 3.8) is 0 Å². The number of aromatic nitrogens is 1. The van der Waals surface area contributed by atoms with Crippen molar-refractivity contribution in [1.82, 2.24) is 4.98 Å². The minimum absolute atomic E-state index is 0.00946. The van der Waals surface area contributed by atoms with Crippen molar-refractivity contribution in [3.05, 3.63) is 27.4 Å². The molecule has 1 atom stereocenters. The SMILES string of the molecule is COC(=O)CC(Nc1nc(Cl)ccc1[N+](=O)[O-])C(=O)OC. The summed E-state index contributed by atoms with van der Waals surface area (Å²) >= 11 is 5.67. The largest absolute Gasteiger partial charge is 0.469 e. The number of esters is 2. The molecule has 21 heavy (non-hydrogen) atoms. The van der Waals surface area contributed by atoms with Crippen molar-refractivity contribution < 1.29 is 24.0 Å². The molecular weight excluding hydrogens is 306 g/mol. The van der Waals surface area contributed by atoms with Crippen LogP contribution in [0.25, 0.3) is 0 Å². The average Bonchev–Trinajstić information content (AvgIpc) is 2.45. The molecule has 114 valence electrons. The Morgan fingerprint density at radius 1 is 1.43 bits per heavy atom. The highest BCUT2D eigenvalue weighted by Crippen LogP contribution is 2.25. The zero-order chi connectivity index (χ0) is 16.0. The van der Waals surface area contributed by atoms with E-state index in [1.54, 1.807) is 0 Å². The van der Waals surface area contributed by atoms with Gasteiger partial charge in [0.1, 0.15) is 11.2 Å². The van der Waals surface area contributed by atoms with E-state index in [4.69, 9.17) is 11.6 Å². The molecule has 0 aliphatic heterocycles. The van der Waals surface area contributed by atoms with Gasteiger partial charge in [-0.25, -0.2) is 9.78 Å². The molecule has 1 heterocycles. The third-order valence-corrected chi connectivity index (χ3v) is 2.64. The monoisotopic (exact) mass is 317 g/mol. The molecule has 0 fully saturated rings. The lowest BCUT2D eigenvalue weighted by Gasteiger charge is -2.15. The van der Waals surface area contributed by atoms with Gasteiger partial charge in [0.2, 0.25) is 5.82 Å². The molecule has 0 spiro atoms. The second kappa shape index (κ2) is 7.39. The smallest absolute Gasteiger partial charge is 0.328 e. The van der Waals surface area contributed by atoms with Crippen molar-refractivity contribution in [2.45, 2.75) is 12.5 Å². The lowest BCUT2D eigenvalue weighted by Crippen LogP contribution is -2.34. The maximum Gasteiger partial charge on any atom is 0.328 e. The predicted octanol–water partition coefficient (Wildman–Crippen LogP) is 1.16. The zero-order valence-corrected chi connectivity index (χ0v) is 11.9. The number of ether oxygens (including phenoxy) is 2. The van der Waals surface area contributed by atoms with Crippen molar-refractivity contribution >= 4 is 35.0 Å². The fraction of sp³-hybridized carbons (Fsp3) is 0.364. The Morgan fingerprint density at radius 3 is 2.62 bits per heavy atom. The Hall–Kier alpha value is -2.42. The number of hydrogen-bond acceptors (Lipinski definition) is 8. The van der Waals surface area contributed by atoms with Gasteiger partial charge in [-0.3, -0.25) is 14.9 Å². The van der Waals surface area contributed by atoms with Crippen LogP contribution in [0.15, 0.2) is 12.1 Å². The molecule has 0 aromatic carbocycles. The molecule has 0 amide bonds. The van der Waals surface area contributed by atoms with Gasteiger partial charge in [-0.1, -0.05) is 11.6 Å². The summed E-state index contributed by atoms with van der Waals surface area (Å²) < 4.78 is 8.97. The predicted molar refractivity (Wildman–Crippen MR) is 72.0 cm³/mol. The van der Waals surface area contributed by atoms with Crippen LogP contribution in [-0.2, 0) is 19.1 Å². The Balaban J connectivity index is 3.07. The van der Waals surface area contributed by atoms with Gasteiger partial charge in [0, 0.05) is 6.07 Å². The molecule has 0 aliphatic carbocycles. The fourth-order valence-corrected chi connectivity index (χ4v) is 1.58. The number of methoxy groups -OCH3 is 2. The Kier molecular flexibility index (Phi) is 5.85. The number of carbonyl (C=O) groups excluding carboxylic acids is 2. The number of rotatable bonds is 6. The van der Waals surface area contributed by atoms with Gasteiger partial charge in [0.25, 0.3) is 0 Å². The summed E-state index contributed by atoms with van der Waals surface area (Å²) in [7, 11) is 2.27. The normalized spacial score (nSPS) is 11.4. The molecular formula is C11H12ClN3O6. The molecule has 1 unspecified atom stereocenters. The number of anilines is 1. The minimum atomic E-state index is -1.19. The standard InChI is InChI=1S/C11H12ClN3O6/c1-20-9(16)5-6(11(17)21-2)13-10-7(15(18)19)3-4-8(12)14-10/h3-4,6H,5H2,1-2H3,(H,13,14). The van der Waals surface area contributed by atoms with Crippen LogP contribution in [0.2, 0.25) is 5.15 Å². The first-order valence-electron chi connectivity index (χ1n) is 5.61. The Labute approximate surface area is 124 Å². The van der Waals surface area contributed by atoms with Crippen LogP contribution >= 0.6 is 11.6 Å². The average molecular weight is 318 g/mol. The molecule has 1 rings (SSSR count). The van der Waals surface area contributed by atoms with Gasteiger partial charge in [0.05, 0.1) is 25.6 Å². The highest BCUT2D eigenvalue weighted by Gasteiger charge is 2.27. The molecule has 1 aromatic heterocycles. The van der Waals surface area contributed by atoms with Crippen molar-refractivity contribution in [2.75, 3.05) is 19.5 Å². The first kappa shape index (κ1) is 16.6. The number of nitro groups is 1. The van der Waals surface area contributed by atoms with Crippen molar-refractivity contribution in [2.24, 2.45) is 0 Å². The molecule has 0 bridgehead atoms. The van der Waals surface area contributed by atoms with Gasteiger partial charge < -0.3 is 14.8 Å². The van der Waals surface area contributed by atoms with Crippen LogP contribution in [0.1, 0.15) is 6.42 Å². The molecule has 0 saturated carbocycles. The molecule has 0 saturated heterocycles. The Bertz CT molecular complexity index is 565. The Morgan fingerprint density at radius 2 is 2.10 bits per heavy atom. The zero-order valence-electron chi connectivity index (χ0n) is 11.2. The quantitative estimate of drug-likeness (QED) is 0.359. The molecule has 10 heteroatoms. The number of hydrogen-bond donors (Lipinski definition) is 1. The second-order valence-corrected chi connectivity index (χ2v) is 4.15. The van der Waals surface area contributed by atoms with Crippen LogP contribution < -0.4 is 5.32 Å². The van der Waals surface area contributed by atoms with Crippen LogP contribution in [-0.4, -0.2) is 42.1 Å². The minimum Gasteiger partial charge on any atom is -0.469 e. The summed E-state index contributed by atoms with van der Waals surface area (Å²) in [4.78, 5) is 36.8. The highest BCUT2D eigenvalue weighted by atomic mass is 35.5. The number of nitrogens with zero attached hydrogens (tertiary/aromatic N) is 2. The van der Waals surface area contributed by atoms with Crippen LogP contribution in [0.5, 0.6) is 0 Å². The van der Waals surface area contributed by atoms with E-state index in [2.05, 4.69) is 19.8 Å². The van der Waals surface area contributed by atoms with Gasteiger partial charge in [0.15, 0.2) is 0 Å². The first-order chi connectivity index (χ1) is 9.88. The van der Waals surface area contributed by atoms with Crippen molar-refractivity contribution in [3.8, 4) is 0 Å². The maximum absolute atomic E-state index is 11.6. The van der Waals surface area contributed by atoms with E-state index in [0.29, 0.717) is 0 Å². The molecule has 9 nitrogen and oxygen atoms in total. The summed E-state index contributed by atoms with van der Waals surface area (Å²) in [6.45, 7) is 0. The van der Waals surface area contributed by atoms with Crippen LogP contribution in [0, 0.1) is 10.1 Å². The lowest BCUT2D eigenvalue weighted by atomic mass is 10.2. The topological polar surface area (TPSA) is 121 Å². The number of nitrogens with one attached hydrogen (secondary N) is 1. The third-order valence-electron chi connectivity index (χ3n) is 2.43. The lowest BCUT2D eigenvalue weighted by molar-refractivity contribution is -0.384. The molecule has 0 aliphatic rings. The van der Waals surface area contributed by atoms with Crippen molar-refractivity contribution in [1.29, 1.82) is 0 Å².